The quantitative estimate of drug-likeness (QED) is 0.684. The Morgan fingerprint density at radius 1 is 1.23 bits per heavy atom. The maximum Gasteiger partial charge on any atom is 0.416 e. The largest absolute Gasteiger partial charge is 0.416 e. The zero-order valence-corrected chi connectivity index (χ0v) is 8.63. The molecule has 4 heteroatoms. The molecule has 13 heavy (non-hydrogen) atoms. The molecule has 0 bridgehead atoms. The van der Waals surface area contributed by atoms with Gasteiger partial charge in [-0.1, -0.05) is 34.7 Å². The molecule has 0 spiro atoms. The van der Waals surface area contributed by atoms with Crippen LogP contribution in [0.25, 0.3) is 6.08 Å². The third kappa shape index (κ3) is 3.02. The maximum atomic E-state index is 12.2. The zero-order chi connectivity index (χ0) is 9.90. The number of halogens is 4. The van der Waals surface area contributed by atoms with Crippen LogP contribution in [-0.2, 0) is 6.18 Å². The van der Waals surface area contributed by atoms with Crippen molar-refractivity contribution in [1.29, 1.82) is 0 Å². The summed E-state index contributed by atoms with van der Waals surface area (Å²) in [4.78, 5) is 0. The first-order valence-electron chi connectivity index (χ1n) is 3.48. The average molecular weight is 298 g/mol. The lowest BCUT2D eigenvalue weighted by Gasteiger charge is -2.06. The molecule has 0 aliphatic rings. The van der Waals surface area contributed by atoms with E-state index in [1.54, 1.807) is 16.2 Å². The van der Waals surface area contributed by atoms with Gasteiger partial charge in [-0.15, -0.1) is 0 Å². The van der Waals surface area contributed by atoms with E-state index in [0.717, 1.165) is 12.1 Å². The second-order valence-corrected chi connectivity index (χ2v) is 3.14. The van der Waals surface area contributed by atoms with Crippen LogP contribution < -0.4 is 0 Å². The van der Waals surface area contributed by atoms with Crippen molar-refractivity contribution in [2.75, 3.05) is 0 Å². The average Bonchev–Trinajstić information content (AvgIpc) is 2.04. The van der Waals surface area contributed by atoms with E-state index in [1.807, 2.05) is 22.6 Å². The standard InChI is InChI=1S/C9H6F3I/c10-9(11,12)8-3-1-2-7(6-8)4-5-13/h1-6H/b5-4+. The summed E-state index contributed by atoms with van der Waals surface area (Å²) in [6.45, 7) is 0. The van der Waals surface area contributed by atoms with Gasteiger partial charge in [0.25, 0.3) is 0 Å². The molecule has 0 aliphatic heterocycles. The van der Waals surface area contributed by atoms with E-state index in [-0.39, 0.29) is 0 Å². The Labute approximate surface area is 87.6 Å². The SMILES string of the molecule is FC(F)(F)c1cccc(/C=C/I)c1. The molecule has 0 nitrogen and oxygen atoms in total. The van der Waals surface area contributed by atoms with Crippen LogP contribution in [0.4, 0.5) is 13.2 Å². The Bertz CT molecular complexity index is 315. The topological polar surface area (TPSA) is 0 Å². The molecule has 0 amide bonds. The van der Waals surface area contributed by atoms with E-state index in [1.165, 1.54) is 6.07 Å². The smallest absolute Gasteiger partial charge is 0.166 e. The van der Waals surface area contributed by atoms with E-state index < -0.39 is 11.7 Å². The Kier molecular flexibility index (Phi) is 3.35. The third-order valence-electron chi connectivity index (χ3n) is 1.47. The zero-order valence-electron chi connectivity index (χ0n) is 6.48. The van der Waals surface area contributed by atoms with E-state index >= 15 is 0 Å². The van der Waals surface area contributed by atoms with Crippen molar-refractivity contribution in [3.63, 3.8) is 0 Å². The van der Waals surface area contributed by atoms with Crippen LogP contribution in [-0.4, -0.2) is 0 Å². The fourth-order valence-electron chi connectivity index (χ4n) is 0.891. The molecule has 0 N–H and O–H groups in total. The van der Waals surface area contributed by atoms with Crippen LogP contribution in [0.15, 0.2) is 28.3 Å². The van der Waals surface area contributed by atoms with Crippen LogP contribution >= 0.6 is 22.6 Å². The van der Waals surface area contributed by atoms with Gasteiger partial charge < -0.3 is 0 Å². The van der Waals surface area contributed by atoms with Crippen molar-refractivity contribution in [3.05, 3.63) is 39.5 Å². The molecule has 0 saturated heterocycles. The van der Waals surface area contributed by atoms with Crippen LogP contribution in [0.3, 0.4) is 0 Å². The van der Waals surface area contributed by atoms with Gasteiger partial charge in [-0.2, -0.15) is 13.2 Å². The van der Waals surface area contributed by atoms with E-state index in [2.05, 4.69) is 0 Å². The van der Waals surface area contributed by atoms with Gasteiger partial charge in [-0.05, 0) is 27.9 Å². The first-order valence-corrected chi connectivity index (χ1v) is 4.72. The molecule has 0 heterocycles. The molecular weight excluding hydrogens is 292 g/mol. The highest BCUT2D eigenvalue weighted by Crippen LogP contribution is 2.29. The third-order valence-corrected chi connectivity index (χ3v) is 1.83. The molecule has 1 aromatic carbocycles. The van der Waals surface area contributed by atoms with Crippen molar-refractivity contribution < 1.29 is 13.2 Å². The first-order chi connectivity index (χ1) is 6.04. The summed E-state index contributed by atoms with van der Waals surface area (Å²) in [7, 11) is 0. The number of benzene rings is 1. The molecule has 70 valence electrons. The van der Waals surface area contributed by atoms with Crippen LogP contribution in [0.2, 0.25) is 0 Å². The van der Waals surface area contributed by atoms with E-state index in [4.69, 9.17) is 0 Å². The van der Waals surface area contributed by atoms with Gasteiger partial charge in [0.1, 0.15) is 0 Å². The van der Waals surface area contributed by atoms with Crippen molar-refractivity contribution in [3.8, 4) is 0 Å². The molecule has 0 unspecified atom stereocenters. The lowest BCUT2D eigenvalue weighted by atomic mass is 10.1. The van der Waals surface area contributed by atoms with E-state index in [0.29, 0.717) is 5.56 Å². The van der Waals surface area contributed by atoms with Crippen molar-refractivity contribution >= 4 is 28.7 Å². The molecule has 0 aromatic heterocycles. The first kappa shape index (κ1) is 10.6. The predicted octanol–water partition coefficient (Wildman–Crippen LogP) is 4.11. The van der Waals surface area contributed by atoms with Gasteiger partial charge in [0, 0.05) is 0 Å². The second kappa shape index (κ2) is 4.13. The normalized spacial score (nSPS) is 12.3. The molecule has 0 radical (unpaired) electrons. The molecule has 0 fully saturated rings. The van der Waals surface area contributed by atoms with Crippen LogP contribution in [0.1, 0.15) is 11.1 Å². The highest BCUT2D eigenvalue weighted by molar-refractivity contribution is 14.1. The second-order valence-electron chi connectivity index (χ2n) is 2.42. The Morgan fingerprint density at radius 3 is 2.46 bits per heavy atom. The lowest BCUT2D eigenvalue weighted by molar-refractivity contribution is -0.137. The molecule has 1 aromatic rings. The lowest BCUT2D eigenvalue weighted by Crippen LogP contribution is -2.04. The Hall–Kier alpha value is -0.520. The summed E-state index contributed by atoms with van der Waals surface area (Å²) in [6, 6.07) is 5.21. The number of hydrogen-bond donors (Lipinski definition) is 0. The molecule has 0 saturated carbocycles. The van der Waals surface area contributed by atoms with Crippen molar-refractivity contribution in [1.82, 2.24) is 0 Å². The van der Waals surface area contributed by atoms with Crippen molar-refractivity contribution in [2.45, 2.75) is 6.18 Å². The van der Waals surface area contributed by atoms with Gasteiger partial charge in [0.15, 0.2) is 0 Å². The summed E-state index contributed by atoms with van der Waals surface area (Å²) in [5.74, 6) is 0. The van der Waals surface area contributed by atoms with Crippen LogP contribution in [0.5, 0.6) is 0 Å². The Morgan fingerprint density at radius 2 is 1.92 bits per heavy atom. The molecule has 1 rings (SSSR count). The van der Waals surface area contributed by atoms with Crippen LogP contribution in [0, 0.1) is 0 Å². The minimum Gasteiger partial charge on any atom is -0.166 e. The van der Waals surface area contributed by atoms with Gasteiger partial charge in [-0.25, -0.2) is 0 Å². The van der Waals surface area contributed by atoms with Gasteiger partial charge >= 0.3 is 6.18 Å². The van der Waals surface area contributed by atoms with Gasteiger partial charge in [-0.3, -0.25) is 0 Å². The highest BCUT2D eigenvalue weighted by Gasteiger charge is 2.30. The minimum atomic E-state index is -4.25. The number of alkyl halides is 3. The molecule has 0 aliphatic carbocycles. The summed E-state index contributed by atoms with van der Waals surface area (Å²) in [5, 5.41) is 0. The number of hydrogen-bond acceptors (Lipinski definition) is 0. The molecular formula is C9H6F3I. The monoisotopic (exact) mass is 298 g/mol. The fourth-order valence-corrected chi connectivity index (χ4v) is 1.31. The summed E-state index contributed by atoms with van der Waals surface area (Å²) in [6.07, 6.45) is -2.63. The summed E-state index contributed by atoms with van der Waals surface area (Å²) < 4.78 is 38.2. The van der Waals surface area contributed by atoms with Crippen molar-refractivity contribution in [2.24, 2.45) is 0 Å². The molecule has 0 atom stereocenters. The highest BCUT2D eigenvalue weighted by atomic mass is 127. The summed E-state index contributed by atoms with van der Waals surface area (Å²) in [5.41, 5.74) is -0.0521. The Balaban J connectivity index is 3.05. The number of rotatable bonds is 1. The summed E-state index contributed by atoms with van der Waals surface area (Å²) >= 11 is 1.96. The minimum absolute atomic E-state index is 0.559. The maximum absolute atomic E-state index is 12.2. The van der Waals surface area contributed by atoms with E-state index in [9.17, 15) is 13.2 Å². The predicted molar refractivity (Wildman–Crippen MR) is 54.5 cm³/mol. The fraction of sp³-hybridized carbons (Fsp3) is 0.111. The van der Waals surface area contributed by atoms with Gasteiger partial charge in [0.05, 0.1) is 5.56 Å². The van der Waals surface area contributed by atoms with Gasteiger partial charge in [0.2, 0.25) is 0 Å².